The van der Waals surface area contributed by atoms with Crippen LogP contribution in [0.4, 0.5) is 15.9 Å². The number of nitrogen functional groups attached to an aromatic ring is 1. The molecule has 23 heavy (non-hydrogen) atoms. The van der Waals surface area contributed by atoms with Crippen LogP contribution >= 0.6 is 11.8 Å². The zero-order chi connectivity index (χ0) is 16.8. The number of rotatable bonds is 4. The minimum atomic E-state index is -0.449. The highest BCUT2D eigenvalue weighted by atomic mass is 32.2. The van der Waals surface area contributed by atoms with Gasteiger partial charge in [0.05, 0.1) is 5.75 Å². The van der Waals surface area contributed by atoms with Gasteiger partial charge in [-0.25, -0.2) is 9.37 Å². The number of nitrogens with two attached hydrogens (primary N) is 1. The molecule has 6 nitrogen and oxygen atoms in total. The van der Waals surface area contributed by atoms with Crippen LogP contribution in [0.2, 0.25) is 0 Å². The number of carbonyl (C=O) groups is 1. The Morgan fingerprint density at radius 2 is 2.04 bits per heavy atom. The SMILES string of the molecule is N#Cc1cc(C#N)c(SCC(=O)Nc2cccc(F)c2)[nH+]c1N. The fourth-order valence-electron chi connectivity index (χ4n) is 1.74. The van der Waals surface area contributed by atoms with Crippen LogP contribution in [0.3, 0.4) is 0 Å². The Morgan fingerprint density at radius 3 is 2.70 bits per heavy atom. The monoisotopic (exact) mass is 328 g/mol. The Hall–Kier alpha value is -3.10. The van der Waals surface area contributed by atoms with Gasteiger partial charge in [-0.05, 0) is 24.3 Å². The van der Waals surface area contributed by atoms with Crippen LogP contribution < -0.4 is 16.0 Å². The first-order valence-corrected chi connectivity index (χ1v) is 7.36. The third-order valence-corrected chi connectivity index (χ3v) is 3.79. The average Bonchev–Trinajstić information content (AvgIpc) is 2.53. The lowest BCUT2D eigenvalue weighted by molar-refractivity contribution is -0.410. The second-order valence-electron chi connectivity index (χ2n) is 4.41. The van der Waals surface area contributed by atoms with Crippen molar-refractivity contribution in [2.75, 3.05) is 16.8 Å². The molecule has 2 aromatic rings. The summed E-state index contributed by atoms with van der Waals surface area (Å²) in [5.41, 5.74) is 6.39. The fourth-order valence-corrected chi connectivity index (χ4v) is 2.52. The number of hydrogen-bond donors (Lipinski definition) is 2. The van der Waals surface area contributed by atoms with E-state index in [4.69, 9.17) is 16.3 Å². The van der Waals surface area contributed by atoms with Crippen molar-refractivity contribution in [3.05, 3.63) is 47.3 Å². The molecule has 0 bridgehead atoms. The summed E-state index contributed by atoms with van der Waals surface area (Å²) in [5.74, 6) is -0.691. The molecule has 0 unspecified atom stereocenters. The smallest absolute Gasteiger partial charge is 0.289 e. The quantitative estimate of drug-likeness (QED) is 0.828. The normalized spacial score (nSPS) is 9.70. The van der Waals surface area contributed by atoms with Crippen LogP contribution in [-0.2, 0) is 4.79 Å². The van der Waals surface area contributed by atoms with Gasteiger partial charge >= 0.3 is 0 Å². The van der Waals surface area contributed by atoms with Gasteiger partial charge in [-0.3, -0.25) is 10.5 Å². The molecule has 8 heteroatoms. The highest BCUT2D eigenvalue weighted by molar-refractivity contribution is 7.99. The van der Waals surface area contributed by atoms with Crippen molar-refractivity contribution < 1.29 is 14.2 Å². The molecule has 0 atom stereocenters. The number of pyridine rings is 1. The Labute approximate surface area is 135 Å². The highest BCUT2D eigenvalue weighted by Gasteiger charge is 2.16. The molecule has 0 saturated carbocycles. The van der Waals surface area contributed by atoms with Crippen molar-refractivity contribution >= 4 is 29.2 Å². The second kappa shape index (κ2) is 7.25. The van der Waals surface area contributed by atoms with E-state index in [1.807, 2.05) is 12.1 Å². The summed E-state index contributed by atoms with van der Waals surface area (Å²) in [6, 6.07) is 10.7. The summed E-state index contributed by atoms with van der Waals surface area (Å²) >= 11 is 1.06. The number of carbonyl (C=O) groups excluding carboxylic acids is 1. The van der Waals surface area contributed by atoms with Crippen molar-refractivity contribution in [2.24, 2.45) is 0 Å². The van der Waals surface area contributed by atoms with Crippen LogP contribution in [0.25, 0.3) is 0 Å². The minimum Gasteiger partial charge on any atom is -0.325 e. The van der Waals surface area contributed by atoms with Gasteiger partial charge in [0.1, 0.15) is 29.1 Å². The summed E-state index contributed by atoms with van der Waals surface area (Å²) < 4.78 is 13.0. The van der Waals surface area contributed by atoms with Crippen LogP contribution in [0.15, 0.2) is 35.4 Å². The molecule has 0 aliphatic heterocycles. The maximum Gasteiger partial charge on any atom is 0.289 e. The molecule has 0 radical (unpaired) electrons. The molecule has 1 aromatic heterocycles. The number of aromatic nitrogens is 1. The molecule has 0 aliphatic rings. The van der Waals surface area contributed by atoms with Crippen LogP contribution in [0.5, 0.6) is 0 Å². The number of halogens is 1. The molecule has 1 heterocycles. The molecule has 0 spiro atoms. The zero-order valence-electron chi connectivity index (χ0n) is 11.8. The Bertz CT molecular complexity index is 841. The summed E-state index contributed by atoms with van der Waals surface area (Å²) in [6.45, 7) is 0. The van der Waals surface area contributed by atoms with Crippen molar-refractivity contribution in [3.63, 3.8) is 0 Å². The van der Waals surface area contributed by atoms with E-state index in [0.717, 1.165) is 11.8 Å². The first-order valence-electron chi connectivity index (χ1n) is 6.37. The van der Waals surface area contributed by atoms with Crippen molar-refractivity contribution in [2.45, 2.75) is 5.03 Å². The third-order valence-electron chi connectivity index (χ3n) is 2.77. The maximum absolute atomic E-state index is 13.0. The van der Waals surface area contributed by atoms with E-state index in [-0.39, 0.29) is 28.6 Å². The average molecular weight is 328 g/mol. The Kier molecular flexibility index (Phi) is 5.13. The number of benzene rings is 1. The molecule has 0 aliphatic carbocycles. The first-order chi connectivity index (χ1) is 11.0. The fraction of sp³-hybridized carbons (Fsp3) is 0.0667. The third kappa shape index (κ3) is 4.19. The summed E-state index contributed by atoms with van der Waals surface area (Å²) in [4.78, 5) is 14.6. The number of amides is 1. The standard InChI is InChI=1S/C15H10FN5OS/c16-11-2-1-3-12(5-11)20-13(22)8-23-15-10(7-18)4-9(6-17)14(19)21-15/h1-5H,8H2,(H2,19,21)(H,20,22)/p+1. The number of nitriles is 2. The van der Waals surface area contributed by atoms with Crippen molar-refractivity contribution in [1.82, 2.24) is 0 Å². The molecule has 2 rings (SSSR count). The number of thioether (sulfide) groups is 1. The molecule has 0 saturated heterocycles. The predicted octanol–water partition coefficient (Wildman–Crippen LogP) is 1.70. The van der Waals surface area contributed by atoms with Gasteiger partial charge in [0.25, 0.3) is 5.82 Å². The minimum absolute atomic E-state index is 0.00691. The number of nitrogens with zero attached hydrogens (tertiary/aromatic N) is 2. The van der Waals surface area contributed by atoms with Crippen LogP contribution in [-0.4, -0.2) is 11.7 Å². The number of anilines is 2. The number of aromatic amines is 1. The van der Waals surface area contributed by atoms with E-state index >= 15 is 0 Å². The largest absolute Gasteiger partial charge is 0.325 e. The van der Waals surface area contributed by atoms with E-state index in [0.29, 0.717) is 10.7 Å². The topological polar surface area (TPSA) is 117 Å². The van der Waals surface area contributed by atoms with E-state index in [1.165, 1.54) is 24.3 Å². The predicted molar refractivity (Wildman–Crippen MR) is 82.6 cm³/mol. The zero-order valence-corrected chi connectivity index (χ0v) is 12.6. The van der Waals surface area contributed by atoms with Gasteiger partial charge in [-0.2, -0.15) is 10.5 Å². The number of H-pyrrole nitrogens is 1. The molecular weight excluding hydrogens is 317 g/mol. The molecule has 114 valence electrons. The van der Waals surface area contributed by atoms with Crippen LogP contribution in [0, 0.1) is 28.5 Å². The van der Waals surface area contributed by atoms with E-state index in [9.17, 15) is 9.18 Å². The maximum atomic E-state index is 13.0. The summed E-state index contributed by atoms with van der Waals surface area (Å²) in [7, 11) is 0. The van der Waals surface area contributed by atoms with Gasteiger partial charge in [0, 0.05) is 5.69 Å². The Morgan fingerprint density at radius 1 is 1.30 bits per heavy atom. The van der Waals surface area contributed by atoms with Gasteiger partial charge in [-0.1, -0.05) is 17.8 Å². The molecule has 4 N–H and O–H groups in total. The van der Waals surface area contributed by atoms with Crippen molar-refractivity contribution in [1.29, 1.82) is 10.5 Å². The lowest BCUT2D eigenvalue weighted by atomic mass is 10.2. The molecule has 1 aromatic carbocycles. The van der Waals surface area contributed by atoms with Gasteiger partial charge < -0.3 is 5.32 Å². The lowest BCUT2D eigenvalue weighted by Gasteiger charge is -2.05. The first kappa shape index (κ1) is 16.3. The Balaban J connectivity index is 2.06. The summed E-state index contributed by atoms with van der Waals surface area (Å²) in [6.07, 6.45) is 0. The van der Waals surface area contributed by atoms with Gasteiger partial charge in [-0.15, -0.1) is 0 Å². The second-order valence-corrected chi connectivity index (χ2v) is 5.40. The van der Waals surface area contributed by atoms with Crippen LogP contribution in [0.1, 0.15) is 11.1 Å². The molecule has 1 amide bonds. The number of hydrogen-bond acceptors (Lipinski definition) is 5. The van der Waals surface area contributed by atoms with Gasteiger partial charge in [0.15, 0.2) is 5.03 Å². The van der Waals surface area contributed by atoms with Crippen molar-refractivity contribution in [3.8, 4) is 12.1 Å². The molecular formula is C15H11FN5OS+. The lowest BCUT2D eigenvalue weighted by Crippen LogP contribution is -2.19. The van der Waals surface area contributed by atoms with E-state index in [2.05, 4.69) is 10.3 Å². The van der Waals surface area contributed by atoms with Gasteiger partial charge in [0.2, 0.25) is 5.91 Å². The molecule has 0 fully saturated rings. The van der Waals surface area contributed by atoms with E-state index in [1.54, 1.807) is 6.07 Å². The number of nitrogens with one attached hydrogen (secondary N) is 2. The summed E-state index contributed by atoms with van der Waals surface area (Å²) in [5, 5.41) is 20.9. The van der Waals surface area contributed by atoms with E-state index < -0.39 is 5.82 Å². The highest BCUT2D eigenvalue weighted by Crippen LogP contribution is 2.20.